The van der Waals surface area contributed by atoms with Crippen molar-refractivity contribution in [2.24, 2.45) is 5.73 Å². The molecular formula is C13H23N3. The van der Waals surface area contributed by atoms with Crippen LogP contribution in [-0.4, -0.2) is 23.6 Å². The van der Waals surface area contributed by atoms with Crippen LogP contribution in [0.5, 0.6) is 0 Å². The van der Waals surface area contributed by atoms with Crippen molar-refractivity contribution >= 4 is 5.82 Å². The fourth-order valence-corrected chi connectivity index (χ4v) is 1.87. The molecule has 0 aliphatic heterocycles. The van der Waals surface area contributed by atoms with Gasteiger partial charge in [-0.05, 0) is 45.7 Å². The van der Waals surface area contributed by atoms with E-state index in [0.717, 1.165) is 18.8 Å². The van der Waals surface area contributed by atoms with Crippen LogP contribution in [0.1, 0.15) is 33.3 Å². The number of hydrogen-bond donors (Lipinski definition) is 1. The number of nitrogens with zero attached hydrogens (tertiary/aromatic N) is 2. The minimum Gasteiger partial charge on any atom is -0.354 e. The van der Waals surface area contributed by atoms with Gasteiger partial charge in [0, 0.05) is 24.8 Å². The third-order valence-corrected chi connectivity index (χ3v) is 2.63. The van der Waals surface area contributed by atoms with Gasteiger partial charge in [0.1, 0.15) is 5.82 Å². The smallest absolute Gasteiger partial charge is 0.128 e. The van der Waals surface area contributed by atoms with Crippen LogP contribution in [0.25, 0.3) is 0 Å². The van der Waals surface area contributed by atoms with Crippen LogP contribution in [0.15, 0.2) is 18.3 Å². The van der Waals surface area contributed by atoms with E-state index in [0.29, 0.717) is 6.04 Å². The van der Waals surface area contributed by atoms with Gasteiger partial charge in [-0.3, -0.25) is 0 Å². The van der Waals surface area contributed by atoms with E-state index >= 15 is 0 Å². The number of anilines is 1. The van der Waals surface area contributed by atoms with E-state index in [9.17, 15) is 0 Å². The lowest BCUT2D eigenvalue weighted by Gasteiger charge is -2.26. The summed E-state index contributed by atoms with van der Waals surface area (Å²) >= 11 is 0. The Labute approximate surface area is 98.7 Å². The first-order valence-corrected chi connectivity index (χ1v) is 6.01. The van der Waals surface area contributed by atoms with Crippen molar-refractivity contribution in [3.8, 4) is 0 Å². The molecule has 0 aliphatic carbocycles. The van der Waals surface area contributed by atoms with Crippen molar-refractivity contribution in [3.05, 3.63) is 23.9 Å². The quantitative estimate of drug-likeness (QED) is 0.829. The number of aromatic nitrogens is 1. The Balaban J connectivity index is 2.77. The van der Waals surface area contributed by atoms with E-state index in [1.54, 1.807) is 0 Å². The summed E-state index contributed by atoms with van der Waals surface area (Å²) in [5, 5.41) is 0. The molecule has 1 heterocycles. The van der Waals surface area contributed by atoms with Crippen LogP contribution in [0.4, 0.5) is 5.82 Å². The van der Waals surface area contributed by atoms with E-state index < -0.39 is 0 Å². The molecule has 0 saturated carbocycles. The normalized spacial score (nSPS) is 12.9. The highest BCUT2D eigenvalue weighted by molar-refractivity contribution is 5.40. The van der Waals surface area contributed by atoms with Crippen molar-refractivity contribution < 1.29 is 0 Å². The van der Waals surface area contributed by atoms with Crippen LogP contribution in [0.3, 0.4) is 0 Å². The maximum Gasteiger partial charge on any atom is 0.128 e. The van der Waals surface area contributed by atoms with Crippen molar-refractivity contribution in [3.63, 3.8) is 0 Å². The van der Waals surface area contributed by atoms with Gasteiger partial charge in [-0.2, -0.15) is 0 Å². The third kappa shape index (κ3) is 3.49. The average Bonchev–Trinajstić information content (AvgIpc) is 2.20. The van der Waals surface area contributed by atoms with Crippen LogP contribution in [-0.2, 0) is 6.42 Å². The van der Waals surface area contributed by atoms with Crippen molar-refractivity contribution in [2.45, 2.75) is 46.2 Å². The second kappa shape index (κ2) is 5.85. The molecule has 0 saturated heterocycles. The van der Waals surface area contributed by atoms with E-state index in [-0.39, 0.29) is 6.04 Å². The van der Waals surface area contributed by atoms with Crippen molar-refractivity contribution in [2.75, 3.05) is 11.4 Å². The molecule has 90 valence electrons. The summed E-state index contributed by atoms with van der Waals surface area (Å²) < 4.78 is 0. The zero-order valence-corrected chi connectivity index (χ0v) is 10.8. The predicted octanol–water partition coefficient (Wildman–Crippen LogP) is 2.21. The van der Waals surface area contributed by atoms with Crippen molar-refractivity contribution in [1.82, 2.24) is 4.98 Å². The first-order chi connectivity index (χ1) is 7.54. The van der Waals surface area contributed by atoms with Gasteiger partial charge in [-0.1, -0.05) is 6.07 Å². The van der Waals surface area contributed by atoms with E-state index in [1.807, 2.05) is 13.1 Å². The fourth-order valence-electron chi connectivity index (χ4n) is 1.87. The third-order valence-electron chi connectivity index (χ3n) is 2.63. The molecule has 0 fully saturated rings. The molecular weight excluding hydrogens is 198 g/mol. The van der Waals surface area contributed by atoms with Gasteiger partial charge in [-0.15, -0.1) is 0 Å². The highest BCUT2D eigenvalue weighted by Crippen LogP contribution is 2.14. The molecule has 2 N–H and O–H groups in total. The monoisotopic (exact) mass is 221 g/mol. The molecule has 3 heteroatoms. The lowest BCUT2D eigenvalue weighted by atomic mass is 10.1. The summed E-state index contributed by atoms with van der Waals surface area (Å²) in [6, 6.07) is 4.88. The minimum atomic E-state index is 0.194. The Hall–Kier alpha value is -1.09. The lowest BCUT2D eigenvalue weighted by Crippen LogP contribution is -2.31. The van der Waals surface area contributed by atoms with Crippen LogP contribution in [0, 0.1) is 0 Å². The molecule has 0 bridgehead atoms. The van der Waals surface area contributed by atoms with Gasteiger partial charge in [0.05, 0.1) is 0 Å². The first kappa shape index (κ1) is 13.0. The molecule has 0 aromatic carbocycles. The molecule has 1 rings (SSSR count). The standard InChI is InChI=1S/C13H23N3/c1-5-16(10(2)3)13-7-6-12(9-15-13)8-11(4)14/h6-7,9-11H,5,8,14H2,1-4H3. The lowest BCUT2D eigenvalue weighted by molar-refractivity contribution is 0.690. The largest absolute Gasteiger partial charge is 0.354 e. The summed E-state index contributed by atoms with van der Waals surface area (Å²) in [4.78, 5) is 6.77. The Morgan fingerprint density at radius 3 is 2.38 bits per heavy atom. The van der Waals surface area contributed by atoms with Gasteiger partial charge < -0.3 is 10.6 Å². The molecule has 16 heavy (non-hydrogen) atoms. The predicted molar refractivity (Wildman–Crippen MR) is 69.7 cm³/mol. The van der Waals surface area contributed by atoms with Gasteiger partial charge in [-0.25, -0.2) is 4.98 Å². The first-order valence-electron chi connectivity index (χ1n) is 6.01. The molecule has 0 aliphatic rings. The maximum absolute atomic E-state index is 5.76. The molecule has 1 atom stereocenters. The van der Waals surface area contributed by atoms with E-state index in [1.165, 1.54) is 5.56 Å². The highest BCUT2D eigenvalue weighted by Gasteiger charge is 2.09. The zero-order chi connectivity index (χ0) is 12.1. The second-order valence-electron chi connectivity index (χ2n) is 4.59. The molecule has 1 aromatic rings. The Morgan fingerprint density at radius 1 is 1.31 bits per heavy atom. The van der Waals surface area contributed by atoms with E-state index in [2.05, 4.69) is 42.8 Å². The summed E-state index contributed by atoms with van der Waals surface area (Å²) in [5.74, 6) is 1.05. The Bertz CT molecular complexity index is 303. The van der Waals surface area contributed by atoms with Crippen LogP contribution < -0.4 is 10.6 Å². The second-order valence-corrected chi connectivity index (χ2v) is 4.59. The molecule has 1 unspecified atom stereocenters. The minimum absolute atomic E-state index is 0.194. The van der Waals surface area contributed by atoms with Crippen molar-refractivity contribution in [1.29, 1.82) is 0 Å². The Kier molecular flexibility index (Phi) is 4.74. The summed E-state index contributed by atoms with van der Waals surface area (Å²) in [6.07, 6.45) is 2.82. The highest BCUT2D eigenvalue weighted by atomic mass is 15.2. The number of pyridine rings is 1. The van der Waals surface area contributed by atoms with Crippen LogP contribution >= 0.6 is 0 Å². The maximum atomic E-state index is 5.76. The summed E-state index contributed by atoms with van der Waals surface area (Å²) in [7, 11) is 0. The van der Waals surface area contributed by atoms with Gasteiger partial charge in [0.2, 0.25) is 0 Å². The Morgan fingerprint density at radius 2 is 2.00 bits per heavy atom. The number of hydrogen-bond acceptors (Lipinski definition) is 3. The van der Waals surface area contributed by atoms with E-state index in [4.69, 9.17) is 5.73 Å². The SMILES string of the molecule is CCN(c1ccc(CC(C)N)cn1)C(C)C. The summed E-state index contributed by atoms with van der Waals surface area (Å²) in [5.41, 5.74) is 6.97. The van der Waals surface area contributed by atoms with Gasteiger partial charge in [0.15, 0.2) is 0 Å². The van der Waals surface area contributed by atoms with Crippen LogP contribution in [0.2, 0.25) is 0 Å². The molecule has 0 radical (unpaired) electrons. The summed E-state index contributed by atoms with van der Waals surface area (Å²) in [6.45, 7) is 9.51. The average molecular weight is 221 g/mol. The molecule has 0 amide bonds. The van der Waals surface area contributed by atoms with Gasteiger partial charge >= 0.3 is 0 Å². The molecule has 0 spiro atoms. The fraction of sp³-hybridized carbons (Fsp3) is 0.615. The number of nitrogens with two attached hydrogens (primary N) is 1. The topological polar surface area (TPSA) is 42.1 Å². The van der Waals surface area contributed by atoms with Gasteiger partial charge in [0.25, 0.3) is 0 Å². The molecule has 3 nitrogen and oxygen atoms in total. The molecule has 1 aromatic heterocycles. The number of rotatable bonds is 5. The zero-order valence-electron chi connectivity index (χ0n) is 10.8.